The molecule has 0 atom stereocenters. The number of methoxy groups -OCH3 is 1. The number of hydrogen-bond acceptors (Lipinski definition) is 4. The highest BCUT2D eigenvalue weighted by molar-refractivity contribution is 7.89. The summed E-state index contributed by atoms with van der Waals surface area (Å²) >= 11 is 0. The molecule has 7 heteroatoms. The Hall–Kier alpha value is -1.60. The van der Waals surface area contributed by atoms with Crippen molar-refractivity contribution in [2.45, 2.75) is 31.6 Å². The number of aryl methyl sites for hydroxylation is 1. The molecule has 0 spiro atoms. The second-order valence-corrected chi connectivity index (χ2v) is 6.61. The van der Waals surface area contributed by atoms with Crippen molar-refractivity contribution in [1.29, 1.82) is 0 Å². The van der Waals surface area contributed by atoms with Gasteiger partial charge >= 0.3 is 5.97 Å². The minimum atomic E-state index is -3.78. The fourth-order valence-corrected chi connectivity index (χ4v) is 3.72. The van der Waals surface area contributed by atoms with E-state index in [1.165, 1.54) is 17.5 Å². The molecule has 0 aliphatic rings. The van der Waals surface area contributed by atoms with Gasteiger partial charge < -0.3 is 9.84 Å². The van der Waals surface area contributed by atoms with Gasteiger partial charge in [-0.3, -0.25) is 4.79 Å². The molecule has 6 nitrogen and oxygen atoms in total. The van der Waals surface area contributed by atoms with E-state index in [0.29, 0.717) is 6.42 Å². The molecule has 118 valence electrons. The number of ether oxygens (including phenoxy) is 1. The van der Waals surface area contributed by atoms with E-state index >= 15 is 0 Å². The molecule has 1 aromatic rings. The maximum atomic E-state index is 12.7. The highest BCUT2D eigenvalue weighted by atomic mass is 32.2. The van der Waals surface area contributed by atoms with Crippen molar-refractivity contribution in [3.63, 3.8) is 0 Å². The third-order valence-corrected chi connectivity index (χ3v) is 4.90. The van der Waals surface area contributed by atoms with Crippen LogP contribution < -0.4 is 4.74 Å². The Morgan fingerprint density at radius 2 is 2.00 bits per heavy atom. The summed E-state index contributed by atoms with van der Waals surface area (Å²) < 4.78 is 31.8. The maximum Gasteiger partial charge on any atom is 0.304 e. The summed E-state index contributed by atoms with van der Waals surface area (Å²) in [6, 6.07) is 4.90. The smallest absolute Gasteiger partial charge is 0.304 e. The number of benzene rings is 1. The average molecular weight is 315 g/mol. The monoisotopic (exact) mass is 315 g/mol. The SMILES string of the molecule is CCCN(CCC(=O)O)S(=O)(=O)c1cc(C)ccc1OC. The van der Waals surface area contributed by atoms with Crippen molar-refractivity contribution in [3.05, 3.63) is 23.8 Å². The summed E-state index contributed by atoms with van der Waals surface area (Å²) in [7, 11) is -2.37. The number of sulfonamides is 1. The van der Waals surface area contributed by atoms with Crippen molar-refractivity contribution in [2.24, 2.45) is 0 Å². The number of aliphatic carboxylic acids is 1. The van der Waals surface area contributed by atoms with E-state index in [0.717, 1.165) is 5.56 Å². The summed E-state index contributed by atoms with van der Waals surface area (Å²) in [4.78, 5) is 10.8. The molecule has 0 saturated heterocycles. The van der Waals surface area contributed by atoms with E-state index in [2.05, 4.69) is 0 Å². The predicted molar refractivity (Wildman–Crippen MR) is 79.0 cm³/mol. The lowest BCUT2D eigenvalue weighted by molar-refractivity contribution is -0.137. The lowest BCUT2D eigenvalue weighted by Gasteiger charge is -2.22. The maximum absolute atomic E-state index is 12.7. The molecular weight excluding hydrogens is 294 g/mol. The van der Waals surface area contributed by atoms with Crippen LogP contribution in [0.1, 0.15) is 25.3 Å². The van der Waals surface area contributed by atoms with Gasteiger partial charge in [-0.15, -0.1) is 0 Å². The van der Waals surface area contributed by atoms with Gasteiger partial charge in [-0.25, -0.2) is 8.42 Å². The lowest BCUT2D eigenvalue weighted by atomic mass is 10.2. The largest absolute Gasteiger partial charge is 0.495 e. The molecule has 0 unspecified atom stereocenters. The lowest BCUT2D eigenvalue weighted by Crippen LogP contribution is -2.34. The van der Waals surface area contributed by atoms with Crippen LogP contribution in [-0.2, 0) is 14.8 Å². The Morgan fingerprint density at radius 3 is 2.52 bits per heavy atom. The van der Waals surface area contributed by atoms with Crippen molar-refractivity contribution in [2.75, 3.05) is 20.2 Å². The van der Waals surface area contributed by atoms with Crippen molar-refractivity contribution < 1.29 is 23.1 Å². The molecule has 0 fully saturated rings. The van der Waals surface area contributed by atoms with Crippen molar-refractivity contribution in [1.82, 2.24) is 4.31 Å². The molecule has 0 aromatic heterocycles. The van der Waals surface area contributed by atoms with Crippen LogP contribution in [0.25, 0.3) is 0 Å². The summed E-state index contributed by atoms with van der Waals surface area (Å²) in [6.45, 7) is 3.85. The zero-order valence-corrected chi connectivity index (χ0v) is 13.3. The highest BCUT2D eigenvalue weighted by Gasteiger charge is 2.27. The molecule has 0 bridgehead atoms. The molecule has 0 saturated carbocycles. The van der Waals surface area contributed by atoms with Gasteiger partial charge in [-0.05, 0) is 31.0 Å². The molecule has 0 aliphatic heterocycles. The minimum absolute atomic E-state index is 0.0530. The van der Waals surface area contributed by atoms with Crippen molar-refractivity contribution >= 4 is 16.0 Å². The first-order valence-electron chi connectivity index (χ1n) is 6.69. The Bertz CT molecular complexity index is 597. The molecule has 1 rings (SSSR count). The number of nitrogens with zero attached hydrogens (tertiary/aromatic N) is 1. The van der Waals surface area contributed by atoms with Gasteiger partial charge in [0, 0.05) is 13.1 Å². The second kappa shape index (κ2) is 7.42. The highest BCUT2D eigenvalue weighted by Crippen LogP contribution is 2.28. The molecule has 0 aliphatic carbocycles. The third-order valence-electron chi connectivity index (χ3n) is 2.99. The van der Waals surface area contributed by atoms with E-state index in [1.807, 2.05) is 6.92 Å². The van der Waals surface area contributed by atoms with Gasteiger partial charge in [0.15, 0.2) is 0 Å². The minimum Gasteiger partial charge on any atom is -0.495 e. The number of carboxylic acids is 1. The second-order valence-electron chi connectivity index (χ2n) is 4.70. The summed E-state index contributed by atoms with van der Waals surface area (Å²) in [6.07, 6.45) is 0.375. The van der Waals surface area contributed by atoms with Crippen LogP contribution in [0, 0.1) is 6.92 Å². The molecule has 0 heterocycles. The summed E-state index contributed by atoms with van der Waals surface area (Å²) in [5.74, 6) is -0.764. The molecule has 0 amide bonds. The first-order valence-corrected chi connectivity index (χ1v) is 8.13. The Labute approximate surface area is 125 Å². The van der Waals surface area contributed by atoms with Gasteiger partial charge in [0.2, 0.25) is 10.0 Å². The summed E-state index contributed by atoms with van der Waals surface area (Å²) in [5, 5.41) is 8.77. The van der Waals surface area contributed by atoms with Crippen LogP contribution in [-0.4, -0.2) is 44.0 Å². The van der Waals surface area contributed by atoms with Crippen LogP contribution in [0.15, 0.2) is 23.1 Å². The molecular formula is C14H21NO5S. The first-order chi connectivity index (χ1) is 9.82. The van der Waals surface area contributed by atoms with Gasteiger partial charge in [-0.1, -0.05) is 13.0 Å². The van der Waals surface area contributed by atoms with Gasteiger partial charge in [0.05, 0.1) is 13.5 Å². The normalized spacial score (nSPS) is 11.6. The van der Waals surface area contributed by atoms with Crippen LogP contribution in [0.3, 0.4) is 0 Å². The zero-order chi connectivity index (χ0) is 16.0. The first kappa shape index (κ1) is 17.5. The third kappa shape index (κ3) is 4.44. The predicted octanol–water partition coefficient (Wildman–Crippen LogP) is 1.88. The standard InChI is InChI=1S/C14H21NO5S/c1-4-8-15(9-7-14(16)17)21(18,19)13-10-11(2)5-6-12(13)20-3/h5-6,10H,4,7-9H2,1-3H3,(H,16,17). The van der Waals surface area contributed by atoms with E-state index in [9.17, 15) is 13.2 Å². The Kier molecular flexibility index (Phi) is 6.17. The van der Waals surface area contributed by atoms with Gasteiger partial charge in [-0.2, -0.15) is 4.31 Å². The van der Waals surface area contributed by atoms with E-state index in [-0.39, 0.29) is 30.2 Å². The molecule has 1 N–H and O–H groups in total. The van der Waals surface area contributed by atoms with Crippen LogP contribution in [0.4, 0.5) is 0 Å². The van der Waals surface area contributed by atoms with Crippen LogP contribution in [0.5, 0.6) is 5.75 Å². The molecule has 0 radical (unpaired) electrons. The van der Waals surface area contributed by atoms with Crippen LogP contribution in [0.2, 0.25) is 0 Å². The Morgan fingerprint density at radius 1 is 1.33 bits per heavy atom. The average Bonchev–Trinajstić information content (AvgIpc) is 2.43. The quantitative estimate of drug-likeness (QED) is 0.792. The van der Waals surface area contributed by atoms with Crippen molar-refractivity contribution in [3.8, 4) is 5.75 Å². The number of rotatable bonds is 8. The van der Waals surface area contributed by atoms with Gasteiger partial charge in [0.25, 0.3) is 0 Å². The van der Waals surface area contributed by atoms with Gasteiger partial charge in [0.1, 0.15) is 10.6 Å². The Balaban J connectivity index is 3.21. The number of carboxylic acid groups (broad SMARTS) is 1. The van der Waals surface area contributed by atoms with E-state index in [4.69, 9.17) is 9.84 Å². The summed E-state index contributed by atoms with van der Waals surface area (Å²) in [5.41, 5.74) is 0.795. The molecule has 21 heavy (non-hydrogen) atoms. The zero-order valence-electron chi connectivity index (χ0n) is 12.5. The van der Waals surface area contributed by atoms with Crippen LogP contribution >= 0.6 is 0 Å². The topological polar surface area (TPSA) is 83.9 Å². The fraction of sp³-hybridized carbons (Fsp3) is 0.500. The number of carbonyl (C=O) groups is 1. The van der Waals surface area contributed by atoms with E-state index in [1.54, 1.807) is 19.1 Å². The fourth-order valence-electron chi connectivity index (χ4n) is 1.95. The van der Waals surface area contributed by atoms with E-state index < -0.39 is 16.0 Å². The molecule has 1 aromatic carbocycles. The number of hydrogen-bond donors (Lipinski definition) is 1.